The maximum atomic E-state index is 10.2. The quantitative estimate of drug-likeness (QED) is 0.635. The Morgan fingerprint density at radius 3 is 2.26 bits per heavy atom. The Labute approximate surface area is 128 Å². The molecule has 0 amide bonds. The van der Waals surface area contributed by atoms with E-state index in [9.17, 15) is 10.1 Å². The molecular formula is C13H20BBrO3S. The summed E-state index contributed by atoms with van der Waals surface area (Å²) in [7, 11) is -1.08. The van der Waals surface area contributed by atoms with Crippen molar-refractivity contribution in [3.8, 4) is 0 Å². The van der Waals surface area contributed by atoms with Gasteiger partial charge in [-0.1, -0.05) is 15.9 Å². The third kappa shape index (κ3) is 4.50. The maximum Gasteiger partial charge on any atom is 0.491 e. The van der Waals surface area contributed by atoms with Gasteiger partial charge in [-0.3, -0.25) is 0 Å². The van der Waals surface area contributed by atoms with Gasteiger partial charge in [-0.15, -0.1) is 11.8 Å². The number of thioether (sulfide) groups is 1. The number of benzene rings is 1. The molecule has 0 aromatic heterocycles. The van der Waals surface area contributed by atoms with Crippen molar-refractivity contribution in [3.63, 3.8) is 0 Å². The molecule has 0 aliphatic heterocycles. The maximum absolute atomic E-state index is 10.2. The standard InChI is InChI=1S/C13H20BBrO3S/c1-12(2,16)13(3,4)18-14(17)9-6-10(15)8-11(7-9)19-5/h6-8,16-17H,1-5H3. The molecule has 106 valence electrons. The average molecular weight is 347 g/mol. The van der Waals surface area contributed by atoms with Gasteiger partial charge in [0.2, 0.25) is 0 Å². The molecule has 0 saturated carbocycles. The molecule has 0 bridgehead atoms. The lowest BCUT2D eigenvalue weighted by Gasteiger charge is -2.38. The van der Waals surface area contributed by atoms with Gasteiger partial charge in [-0.2, -0.15) is 0 Å². The van der Waals surface area contributed by atoms with Crippen LogP contribution in [0, 0.1) is 0 Å². The van der Waals surface area contributed by atoms with Crippen molar-refractivity contribution in [2.75, 3.05) is 6.26 Å². The molecule has 0 atom stereocenters. The third-order valence-corrected chi connectivity index (χ3v) is 4.46. The van der Waals surface area contributed by atoms with Gasteiger partial charge in [0.25, 0.3) is 0 Å². The third-order valence-electron chi connectivity index (χ3n) is 3.29. The van der Waals surface area contributed by atoms with Crippen LogP contribution in [0.15, 0.2) is 27.6 Å². The average Bonchev–Trinajstić information content (AvgIpc) is 2.25. The smallest absolute Gasteiger partial charge is 0.423 e. The van der Waals surface area contributed by atoms with Gasteiger partial charge >= 0.3 is 7.12 Å². The summed E-state index contributed by atoms with van der Waals surface area (Å²) in [6, 6.07) is 5.66. The van der Waals surface area contributed by atoms with Crippen molar-refractivity contribution in [1.82, 2.24) is 0 Å². The largest absolute Gasteiger partial charge is 0.491 e. The van der Waals surface area contributed by atoms with Crippen molar-refractivity contribution in [1.29, 1.82) is 0 Å². The highest BCUT2D eigenvalue weighted by molar-refractivity contribution is 9.10. The van der Waals surface area contributed by atoms with Crippen molar-refractivity contribution < 1.29 is 14.8 Å². The molecule has 19 heavy (non-hydrogen) atoms. The first-order valence-electron chi connectivity index (χ1n) is 5.99. The molecule has 0 aliphatic carbocycles. The van der Waals surface area contributed by atoms with E-state index < -0.39 is 18.3 Å². The highest BCUT2D eigenvalue weighted by Crippen LogP contribution is 2.26. The summed E-state index contributed by atoms with van der Waals surface area (Å²) in [4.78, 5) is 1.04. The molecule has 0 saturated heterocycles. The van der Waals surface area contributed by atoms with Crippen molar-refractivity contribution in [2.24, 2.45) is 0 Å². The second-order valence-corrected chi connectivity index (χ2v) is 7.26. The van der Waals surface area contributed by atoms with Crippen molar-refractivity contribution in [3.05, 3.63) is 22.7 Å². The lowest BCUT2D eigenvalue weighted by atomic mass is 9.76. The van der Waals surface area contributed by atoms with Gasteiger partial charge < -0.3 is 14.8 Å². The van der Waals surface area contributed by atoms with E-state index in [1.807, 2.05) is 24.5 Å². The SMILES string of the molecule is CSc1cc(Br)cc(B(O)OC(C)(C)C(C)(C)O)c1. The van der Waals surface area contributed by atoms with E-state index in [4.69, 9.17) is 4.65 Å². The fourth-order valence-corrected chi connectivity index (χ4v) is 2.50. The van der Waals surface area contributed by atoms with Crippen LogP contribution < -0.4 is 5.46 Å². The predicted octanol–water partition coefficient (Wildman–Crippen LogP) is 2.42. The fourth-order valence-electron chi connectivity index (χ4n) is 1.34. The van der Waals surface area contributed by atoms with Gasteiger partial charge in [0, 0.05) is 9.37 Å². The molecule has 2 N–H and O–H groups in total. The summed E-state index contributed by atoms with van der Waals surface area (Å²) >= 11 is 5.00. The van der Waals surface area contributed by atoms with Crippen LogP contribution in [0.1, 0.15) is 27.7 Å². The lowest BCUT2D eigenvalue weighted by molar-refractivity contribution is -0.0982. The summed E-state index contributed by atoms with van der Waals surface area (Å²) in [6.45, 7) is 6.83. The van der Waals surface area contributed by atoms with Gasteiger partial charge in [0.15, 0.2) is 0 Å². The van der Waals surface area contributed by atoms with Crippen LogP contribution in [-0.4, -0.2) is 34.7 Å². The summed E-state index contributed by atoms with van der Waals surface area (Å²) in [5.41, 5.74) is -1.26. The van der Waals surface area contributed by atoms with Gasteiger partial charge in [-0.05, 0) is 57.6 Å². The van der Waals surface area contributed by atoms with E-state index in [0.29, 0.717) is 5.46 Å². The van der Waals surface area contributed by atoms with Crippen LogP contribution in [0.2, 0.25) is 0 Å². The molecule has 1 rings (SSSR count). The summed E-state index contributed by atoms with van der Waals surface area (Å²) < 4.78 is 6.51. The van der Waals surface area contributed by atoms with Crippen LogP contribution in [-0.2, 0) is 4.65 Å². The molecule has 3 nitrogen and oxygen atoms in total. The van der Waals surface area contributed by atoms with Crippen LogP contribution in [0.3, 0.4) is 0 Å². The predicted molar refractivity (Wildman–Crippen MR) is 85.0 cm³/mol. The zero-order valence-corrected chi connectivity index (χ0v) is 14.3. The Bertz CT molecular complexity index is 446. The normalized spacial score (nSPS) is 12.6. The van der Waals surface area contributed by atoms with Crippen LogP contribution in [0.5, 0.6) is 0 Å². The van der Waals surface area contributed by atoms with E-state index in [-0.39, 0.29) is 0 Å². The Morgan fingerprint density at radius 2 is 1.79 bits per heavy atom. The van der Waals surface area contributed by atoms with E-state index in [0.717, 1.165) is 9.37 Å². The molecule has 0 heterocycles. The summed E-state index contributed by atoms with van der Waals surface area (Å²) in [5, 5.41) is 20.2. The Morgan fingerprint density at radius 1 is 1.21 bits per heavy atom. The minimum absolute atomic E-state index is 0.663. The molecule has 0 fully saturated rings. The van der Waals surface area contributed by atoms with E-state index >= 15 is 0 Å². The summed E-state index contributed by atoms with van der Waals surface area (Å²) in [5.74, 6) is 0. The number of hydrogen-bond acceptors (Lipinski definition) is 4. The van der Waals surface area contributed by atoms with E-state index in [1.165, 1.54) is 0 Å². The monoisotopic (exact) mass is 346 g/mol. The number of rotatable bonds is 5. The minimum atomic E-state index is -1.08. The van der Waals surface area contributed by atoms with Gasteiger partial charge in [0.1, 0.15) is 0 Å². The second-order valence-electron chi connectivity index (χ2n) is 5.46. The molecular weight excluding hydrogens is 327 g/mol. The number of halogens is 1. The Balaban J connectivity index is 2.95. The van der Waals surface area contributed by atoms with Gasteiger partial charge in [0.05, 0.1) is 11.2 Å². The molecule has 1 aromatic carbocycles. The number of hydrogen-bond donors (Lipinski definition) is 2. The molecule has 0 radical (unpaired) electrons. The minimum Gasteiger partial charge on any atom is -0.423 e. The fraction of sp³-hybridized carbons (Fsp3) is 0.538. The van der Waals surface area contributed by atoms with Crippen LogP contribution in [0.4, 0.5) is 0 Å². The molecule has 1 aromatic rings. The first-order valence-corrected chi connectivity index (χ1v) is 8.01. The molecule has 6 heteroatoms. The zero-order valence-electron chi connectivity index (χ0n) is 11.9. The lowest BCUT2D eigenvalue weighted by Crippen LogP contribution is -2.53. The first-order chi connectivity index (χ1) is 8.56. The van der Waals surface area contributed by atoms with E-state index in [2.05, 4.69) is 15.9 Å². The van der Waals surface area contributed by atoms with Crippen LogP contribution in [0.25, 0.3) is 0 Å². The second kappa shape index (κ2) is 6.18. The Hall–Kier alpha value is -0.00506. The molecule has 0 spiro atoms. The molecule has 0 unspecified atom stereocenters. The van der Waals surface area contributed by atoms with E-state index in [1.54, 1.807) is 39.5 Å². The van der Waals surface area contributed by atoms with Crippen molar-refractivity contribution >= 4 is 40.3 Å². The first kappa shape index (κ1) is 17.0. The van der Waals surface area contributed by atoms with Gasteiger partial charge in [-0.25, -0.2) is 0 Å². The van der Waals surface area contributed by atoms with Crippen molar-refractivity contribution in [2.45, 2.75) is 43.8 Å². The highest BCUT2D eigenvalue weighted by Gasteiger charge is 2.39. The molecule has 0 aliphatic rings. The zero-order chi connectivity index (χ0) is 14.8. The highest BCUT2D eigenvalue weighted by atomic mass is 79.9. The van der Waals surface area contributed by atoms with Crippen LogP contribution >= 0.6 is 27.7 Å². The Kier molecular flexibility index (Phi) is 5.55. The number of aliphatic hydroxyl groups is 1. The topological polar surface area (TPSA) is 49.7 Å². The summed E-state index contributed by atoms with van der Waals surface area (Å²) in [6.07, 6.45) is 1.97.